The van der Waals surface area contributed by atoms with Gasteiger partial charge in [-0.25, -0.2) is 4.79 Å². The van der Waals surface area contributed by atoms with E-state index in [-0.39, 0.29) is 11.6 Å². The zero-order chi connectivity index (χ0) is 19.2. The lowest BCUT2D eigenvalue weighted by molar-refractivity contribution is -0.0871. The minimum atomic E-state index is -0.237. The first-order chi connectivity index (χ1) is 13.8. The van der Waals surface area contributed by atoms with E-state index in [1.807, 2.05) is 41.3 Å². The van der Waals surface area contributed by atoms with Gasteiger partial charge in [-0.2, -0.15) is 0 Å². The van der Waals surface area contributed by atoms with Crippen molar-refractivity contribution >= 4 is 6.09 Å². The van der Waals surface area contributed by atoms with Crippen LogP contribution in [0.5, 0.6) is 0 Å². The Hall–Kier alpha value is -2.37. The molecule has 4 rings (SSSR count). The highest BCUT2D eigenvalue weighted by Crippen LogP contribution is 2.33. The molecule has 28 heavy (non-hydrogen) atoms. The first-order valence-corrected chi connectivity index (χ1v) is 10.1. The smallest absolute Gasteiger partial charge is 0.410 e. The van der Waals surface area contributed by atoms with E-state index in [9.17, 15) is 4.79 Å². The Morgan fingerprint density at radius 3 is 2.25 bits per heavy atom. The topological polar surface area (TPSA) is 42.0 Å². The van der Waals surface area contributed by atoms with Gasteiger partial charge >= 0.3 is 6.09 Å². The zero-order valence-electron chi connectivity index (χ0n) is 16.3. The lowest BCUT2D eigenvalue weighted by Gasteiger charge is -2.50. The van der Waals surface area contributed by atoms with Crippen LogP contribution in [0.2, 0.25) is 0 Å². The maximum absolute atomic E-state index is 12.9. The molecule has 2 aromatic carbocycles. The number of likely N-dealkylation sites (tertiary alicyclic amines) is 1. The van der Waals surface area contributed by atoms with Crippen LogP contribution in [0.25, 0.3) is 0 Å². The molecule has 2 fully saturated rings. The van der Waals surface area contributed by atoms with Crippen LogP contribution in [-0.2, 0) is 22.6 Å². The van der Waals surface area contributed by atoms with Crippen molar-refractivity contribution in [2.45, 2.75) is 31.5 Å². The van der Waals surface area contributed by atoms with Crippen molar-refractivity contribution in [2.75, 3.05) is 32.8 Å². The van der Waals surface area contributed by atoms with Crippen LogP contribution in [0.4, 0.5) is 4.79 Å². The summed E-state index contributed by atoms with van der Waals surface area (Å²) < 4.78 is 11.4. The fourth-order valence-electron chi connectivity index (χ4n) is 4.20. The number of nitrogens with zero attached hydrogens (tertiary/aromatic N) is 2. The number of piperidine rings is 1. The van der Waals surface area contributed by atoms with Gasteiger partial charge in [0.15, 0.2) is 0 Å². The van der Waals surface area contributed by atoms with Crippen LogP contribution in [0, 0.1) is 0 Å². The molecule has 1 amide bonds. The summed E-state index contributed by atoms with van der Waals surface area (Å²) in [5.74, 6) is 0. The normalized spacial score (nSPS) is 19.5. The van der Waals surface area contributed by atoms with E-state index >= 15 is 0 Å². The molecular weight excluding hydrogens is 352 g/mol. The lowest BCUT2D eigenvalue weighted by Crippen LogP contribution is -2.63. The zero-order valence-corrected chi connectivity index (χ0v) is 16.3. The minimum Gasteiger partial charge on any atom is -0.445 e. The Balaban J connectivity index is 1.36. The van der Waals surface area contributed by atoms with Gasteiger partial charge in [0.05, 0.1) is 18.8 Å². The summed E-state index contributed by atoms with van der Waals surface area (Å²) in [5, 5.41) is 0. The Morgan fingerprint density at radius 1 is 0.929 bits per heavy atom. The maximum atomic E-state index is 12.9. The molecule has 148 valence electrons. The van der Waals surface area contributed by atoms with Crippen LogP contribution in [0.3, 0.4) is 0 Å². The van der Waals surface area contributed by atoms with Gasteiger partial charge in [0, 0.05) is 26.2 Å². The van der Waals surface area contributed by atoms with Crippen molar-refractivity contribution in [3.05, 3.63) is 71.8 Å². The summed E-state index contributed by atoms with van der Waals surface area (Å²) in [6, 6.07) is 20.4. The second-order valence-electron chi connectivity index (χ2n) is 7.73. The quantitative estimate of drug-likeness (QED) is 0.811. The number of amides is 1. The van der Waals surface area contributed by atoms with Crippen molar-refractivity contribution < 1.29 is 14.3 Å². The minimum absolute atomic E-state index is 0.219. The number of hydrogen-bond donors (Lipinski definition) is 0. The van der Waals surface area contributed by atoms with E-state index in [0.717, 1.165) is 38.0 Å². The van der Waals surface area contributed by atoms with Gasteiger partial charge in [-0.1, -0.05) is 60.7 Å². The molecule has 0 bridgehead atoms. The Morgan fingerprint density at radius 2 is 1.57 bits per heavy atom. The average molecular weight is 380 g/mol. The second-order valence-corrected chi connectivity index (χ2v) is 7.73. The number of hydrogen-bond acceptors (Lipinski definition) is 4. The number of carbonyl (C=O) groups excluding carboxylic acids is 1. The summed E-state index contributed by atoms with van der Waals surface area (Å²) in [4.78, 5) is 17.2. The average Bonchev–Trinajstić information content (AvgIpc) is 2.76. The summed E-state index contributed by atoms with van der Waals surface area (Å²) in [5.41, 5.74) is 2.10. The predicted octanol–water partition coefficient (Wildman–Crippen LogP) is 3.69. The van der Waals surface area contributed by atoms with Crippen LogP contribution in [0.1, 0.15) is 24.0 Å². The maximum Gasteiger partial charge on any atom is 0.410 e. The first-order valence-electron chi connectivity index (χ1n) is 10.1. The molecule has 0 aromatic heterocycles. The van der Waals surface area contributed by atoms with Crippen molar-refractivity contribution in [3.63, 3.8) is 0 Å². The molecule has 0 atom stereocenters. The third kappa shape index (κ3) is 4.37. The van der Waals surface area contributed by atoms with Gasteiger partial charge < -0.3 is 9.47 Å². The molecule has 2 heterocycles. The largest absolute Gasteiger partial charge is 0.445 e. The highest BCUT2D eigenvalue weighted by atomic mass is 16.6. The third-order valence-electron chi connectivity index (χ3n) is 5.86. The number of benzene rings is 2. The SMILES string of the molecule is O=C(OCc1ccccc1)N1CCOCC12CCN(Cc1ccccc1)CC2. The fraction of sp³-hybridized carbons (Fsp3) is 0.435. The summed E-state index contributed by atoms with van der Waals surface area (Å²) in [6.07, 6.45) is 1.62. The van der Waals surface area contributed by atoms with E-state index in [4.69, 9.17) is 9.47 Å². The standard InChI is InChI=1S/C23H28N2O3/c26-22(28-18-21-9-5-2-6-10-21)25-15-16-27-19-23(25)11-13-24(14-12-23)17-20-7-3-1-4-8-20/h1-10H,11-19H2. The molecule has 2 saturated heterocycles. The van der Waals surface area contributed by atoms with Gasteiger partial charge in [-0.3, -0.25) is 9.80 Å². The van der Waals surface area contributed by atoms with Gasteiger partial charge in [-0.15, -0.1) is 0 Å². The molecule has 5 heteroatoms. The van der Waals surface area contributed by atoms with Crippen LogP contribution >= 0.6 is 0 Å². The van der Waals surface area contributed by atoms with Crippen molar-refractivity contribution in [3.8, 4) is 0 Å². The van der Waals surface area contributed by atoms with E-state index in [1.165, 1.54) is 5.56 Å². The van der Waals surface area contributed by atoms with Crippen molar-refractivity contribution in [2.24, 2.45) is 0 Å². The molecule has 0 aliphatic carbocycles. The molecule has 0 saturated carbocycles. The predicted molar refractivity (Wildman–Crippen MR) is 108 cm³/mol. The molecule has 0 unspecified atom stereocenters. The van der Waals surface area contributed by atoms with E-state index in [1.54, 1.807) is 0 Å². The van der Waals surface area contributed by atoms with Gasteiger partial charge in [0.1, 0.15) is 6.61 Å². The third-order valence-corrected chi connectivity index (χ3v) is 5.86. The molecule has 1 spiro atoms. The molecule has 2 aliphatic heterocycles. The monoisotopic (exact) mass is 380 g/mol. The second kappa shape index (κ2) is 8.76. The highest BCUT2D eigenvalue weighted by Gasteiger charge is 2.45. The Labute approximate surface area is 166 Å². The summed E-state index contributed by atoms with van der Waals surface area (Å²) in [6.45, 7) is 4.97. The van der Waals surface area contributed by atoms with E-state index in [0.29, 0.717) is 26.4 Å². The number of morpholine rings is 1. The van der Waals surface area contributed by atoms with Gasteiger partial charge in [-0.05, 0) is 24.0 Å². The van der Waals surface area contributed by atoms with Crippen LogP contribution in [-0.4, -0.2) is 54.3 Å². The van der Waals surface area contributed by atoms with Crippen LogP contribution in [0.15, 0.2) is 60.7 Å². The first kappa shape index (κ1) is 19.0. The molecule has 0 radical (unpaired) electrons. The van der Waals surface area contributed by atoms with Gasteiger partial charge in [0.25, 0.3) is 0 Å². The van der Waals surface area contributed by atoms with Crippen LogP contribution < -0.4 is 0 Å². The number of ether oxygens (including phenoxy) is 2. The lowest BCUT2D eigenvalue weighted by atomic mass is 9.85. The van der Waals surface area contributed by atoms with E-state index < -0.39 is 0 Å². The summed E-state index contributed by atoms with van der Waals surface area (Å²) >= 11 is 0. The molecule has 2 aliphatic rings. The summed E-state index contributed by atoms with van der Waals surface area (Å²) in [7, 11) is 0. The molecule has 0 N–H and O–H groups in total. The molecule has 5 nitrogen and oxygen atoms in total. The Bertz CT molecular complexity index is 758. The highest BCUT2D eigenvalue weighted by molar-refractivity contribution is 5.69. The van der Waals surface area contributed by atoms with Gasteiger partial charge in [0.2, 0.25) is 0 Å². The van der Waals surface area contributed by atoms with E-state index in [2.05, 4.69) is 29.2 Å². The Kier molecular flexibility index (Phi) is 5.93. The van der Waals surface area contributed by atoms with Crippen molar-refractivity contribution in [1.82, 2.24) is 9.80 Å². The molecular formula is C23H28N2O3. The molecule has 2 aromatic rings. The number of carbonyl (C=O) groups is 1. The van der Waals surface area contributed by atoms with Crippen molar-refractivity contribution in [1.29, 1.82) is 0 Å². The number of rotatable bonds is 4. The fourth-order valence-corrected chi connectivity index (χ4v) is 4.20.